The van der Waals surface area contributed by atoms with Crippen LogP contribution >= 0.6 is 0 Å². The minimum absolute atomic E-state index is 0. The van der Waals surface area contributed by atoms with Crippen LogP contribution in [0.5, 0.6) is 0 Å². The minimum Gasteiger partial charge on any atom is -0.412 e. The number of hydrogen-bond acceptors (Lipinski definition) is 2. The maximum Gasteiger partial charge on any atom is 1.00 e. The Hall–Kier alpha value is -0.480. The zero-order valence-corrected chi connectivity index (χ0v) is 1.82. The Kier molecular flexibility index (Phi) is 522. The molecule has 0 saturated heterocycles. The first-order valence-corrected chi connectivity index (χ1v) is 0.167. The summed E-state index contributed by atoms with van der Waals surface area (Å²) >= 11 is 0. The summed E-state index contributed by atoms with van der Waals surface area (Å²) in [5.41, 5.74) is 0. The van der Waals surface area contributed by atoms with E-state index in [0.29, 0.717) is 0 Å². The smallest absolute Gasteiger partial charge is 0.412 e. The van der Waals surface area contributed by atoms with Gasteiger partial charge in [0, 0.05) is 9.93 Å². The third-order valence-corrected chi connectivity index (χ3v) is 0. The highest BCUT2D eigenvalue weighted by Gasteiger charge is 0.707. The van der Waals surface area contributed by atoms with Gasteiger partial charge in [0.2, 0.25) is 0 Å². The average molecular weight is 72.1 g/mol. The summed E-state index contributed by atoms with van der Waals surface area (Å²) < 4.78 is 0. The van der Waals surface area contributed by atoms with Gasteiger partial charge in [-0.15, -0.1) is 0 Å². The zero-order valence-electron chi connectivity index (χ0n) is 5.82. The lowest BCUT2D eigenvalue weighted by molar-refractivity contribution is 0.823. The van der Waals surface area contributed by atoms with Gasteiger partial charge in [-0.25, -0.2) is 0 Å². The molecule has 0 unspecified atom stereocenters. The van der Waals surface area contributed by atoms with Crippen molar-refractivity contribution < 1.29 is 16.7 Å². The molecule has 0 aliphatic heterocycles. The standard InChI is InChI=1S/O2.2H2O/c1-2;;/h;2*1H2/p+4. The van der Waals surface area contributed by atoms with Crippen LogP contribution in [-0.2, 0) is 0 Å². The molecule has 0 spiro atoms. The van der Waals surface area contributed by atoms with E-state index in [0.717, 1.165) is 0 Å². The molecule has 28 valence electrons. The molecule has 4 heteroatoms. The van der Waals surface area contributed by atoms with E-state index < -0.39 is 0 Å². The first-order chi connectivity index (χ1) is 1.00. The van der Waals surface area contributed by atoms with Gasteiger partial charge in [0.1, 0.15) is 0 Å². The van der Waals surface area contributed by atoms with Gasteiger partial charge in [0.05, 0.1) is 0 Å². The number of hydrogen-bond donors (Lipinski definition) is 0. The van der Waals surface area contributed by atoms with E-state index in [4.69, 9.17) is 9.93 Å². The molecule has 0 aliphatic rings. The fraction of sp³-hybridized carbons (Fsp3) is 0. The summed E-state index contributed by atoms with van der Waals surface area (Å²) in [7, 11) is 0. The van der Waals surface area contributed by atoms with Crippen molar-refractivity contribution in [2.24, 2.45) is 0 Å². The molecule has 0 heterocycles. The van der Waals surface area contributed by atoms with Crippen molar-refractivity contribution in [2.45, 2.75) is 0 Å². The van der Waals surface area contributed by atoms with Crippen LogP contribution in [0.4, 0.5) is 0 Å². The summed E-state index contributed by atoms with van der Waals surface area (Å²) in [6.45, 7) is 0. The normalized spacial score (nSPS) is 1.00. The van der Waals surface area contributed by atoms with E-state index in [1.54, 1.807) is 0 Å². The Morgan fingerprint density at radius 2 is 1.00 bits per heavy atom. The van der Waals surface area contributed by atoms with E-state index in [-0.39, 0.29) is 16.7 Å². The lowest BCUT2D eigenvalue weighted by Crippen LogP contribution is -0.674. The minimum atomic E-state index is 0. The summed E-state index contributed by atoms with van der Waals surface area (Å²) in [5, 5.41) is 0. The Bertz CT molecular complexity index is 8.00. The molecule has 0 aliphatic carbocycles. The molecule has 0 aromatic carbocycles. The van der Waals surface area contributed by atoms with Crippen molar-refractivity contribution in [3.8, 4) is 0 Å². The topological polar surface area (TPSA) is 97.1 Å². The van der Waals surface area contributed by atoms with Crippen LogP contribution in [0.3, 0.4) is 0 Å². The molecule has 4 nitrogen and oxygen atoms in total. The van der Waals surface area contributed by atoms with Gasteiger partial charge in [-0.1, -0.05) is 0 Å². The summed E-state index contributed by atoms with van der Waals surface area (Å²) in [6, 6.07) is 0. The van der Waals surface area contributed by atoms with E-state index in [1.807, 2.05) is 0 Å². The van der Waals surface area contributed by atoms with Crippen molar-refractivity contribution >= 4 is 0 Å². The van der Waals surface area contributed by atoms with Gasteiger partial charge in [0.25, 0.3) is 0 Å². The monoisotopic (exact) mass is 72.0 g/mol. The predicted molar refractivity (Wildman–Crippen MR) is 18.4 cm³/mol. The van der Waals surface area contributed by atoms with Gasteiger partial charge in [-0.2, -0.15) is 0 Å². The Morgan fingerprint density at radius 3 is 1.00 bits per heavy atom. The van der Waals surface area contributed by atoms with Gasteiger partial charge in [0.15, 0.2) is 0 Å². The zero-order chi connectivity index (χ0) is 2.00. The summed E-state index contributed by atoms with van der Waals surface area (Å²) in [5.74, 6) is 0. The molecule has 0 rings (SSSR count). The summed E-state index contributed by atoms with van der Waals surface area (Å²) in [4.78, 5) is 14.0. The largest absolute Gasteiger partial charge is 1.00 e. The maximum absolute atomic E-state index is 7.00. The highest BCUT2D eigenvalue weighted by Crippen LogP contribution is 0.741. The van der Waals surface area contributed by atoms with Crippen LogP contribution in [0.2, 0.25) is 0 Å². The molecule has 0 aromatic heterocycles. The van der Waals surface area contributed by atoms with Gasteiger partial charge >= 0.3 is 5.71 Å². The fourth-order valence-corrected chi connectivity index (χ4v) is 0. The molecule has 0 atom stereocenters. The second kappa shape index (κ2) is 25.3. The van der Waals surface area contributed by atoms with Gasteiger partial charge in [-0.05, 0) is 0 Å². The molecule has 0 saturated carbocycles. The molecule has 0 aromatic rings. The van der Waals surface area contributed by atoms with Crippen LogP contribution < -0.4 is 0 Å². The predicted octanol–water partition coefficient (Wildman–Crippen LogP) is -1.13. The molecule has 0 bridgehead atoms. The first-order valence-electron chi connectivity index (χ1n) is 0.167. The first kappa shape index (κ1) is 82.7. The lowest BCUT2D eigenvalue weighted by atomic mass is 15.3. The van der Waals surface area contributed by atoms with Crippen molar-refractivity contribution in [1.29, 1.82) is 0 Å². The maximum atomic E-state index is 7.00. The molecule has 4 N–H and O–H groups in total. The van der Waals surface area contributed by atoms with Crippen molar-refractivity contribution in [3.63, 3.8) is 0 Å². The molecule has 0 fully saturated rings. The second-order valence-electron chi connectivity index (χ2n) is 0. The van der Waals surface area contributed by atoms with E-state index in [9.17, 15) is 0 Å². The molecular formula is H8O4+4. The highest BCUT2D eigenvalue weighted by atomic mass is 16.7. The van der Waals surface area contributed by atoms with Crippen LogP contribution in [-0.4, -0.2) is 11.0 Å². The Labute approximate surface area is 28.2 Å². The average Bonchev–Trinajstić information content (AvgIpc) is 1.00. The second-order valence-corrected chi connectivity index (χ2v) is 0. The quantitative estimate of drug-likeness (QED) is 0.361. The van der Waals surface area contributed by atoms with Gasteiger partial charge in [-0.3, -0.25) is 0 Å². The Balaban J connectivity index is -0.000000000333. The highest BCUT2D eigenvalue weighted by molar-refractivity contribution is 4.07. The SMILES string of the molecule is O.O.O=O.[H+].[H+].[H+].[H+]. The fourth-order valence-electron chi connectivity index (χ4n) is 0. The third kappa shape index (κ3) is 1.78. The van der Waals surface area contributed by atoms with Crippen LogP contribution in [0.25, 0.3) is 0 Å². The molecule has 0 amide bonds. The number of rotatable bonds is 0. The van der Waals surface area contributed by atoms with Crippen molar-refractivity contribution in [2.75, 3.05) is 0 Å². The van der Waals surface area contributed by atoms with Crippen molar-refractivity contribution in [1.82, 2.24) is 0 Å². The van der Waals surface area contributed by atoms with Crippen LogP contribution in [0.1, 0.15) is 5.71 Å². The van der Waals surface area contributed by atoms with Gasteiger partial charge < -0.3 is 11.0 Å². The van der Waals surface area contributed by atoms with Crippen LogP contribution in [0.15, 0.2) is 0 Å². The van der Waals surface area contributed by atoms with E-state index in [2.05, 4.69) is 0 Å². The van der Waals surface area contributed by atoms with Crippen molar-refractivity contribution in [3.05, 3.63) is 9.93 Å². The van der Waals surface area contributed by atoms with E-state index in [1.165, 1.54) is 0 Å². The molecule has 0 radical (unpaired) electrons. The van der Waals surface area contributed by atoms with E-state index >= 15 is 0 Å². The van der Waals surface area contributed by atoms with Crippen LogP contribution in [0, 0.1) is 9.93 Å². The molecule has 4 heavy (non-hydrogen) atoms. The third-order valence-electron chi connectivity index (χ3n) is 0. The summed E-state index contributed by atoms with van der Waals surface area (Å²) in [6.07, 6.45) is 0. The lowest BCUT2D eigenvalue weighted by Gasteiger charge is -0.707. The Morgan fingerprint density at radius 1 is 1.00 bits per heavy atom. The molecular weight excluding hydrogens is 64.0 g/mol.